The number of ether oxygens (including phenoxy) is 1. The van der Waals surface area contributed by atoms with Crippen molar-refractivity contribution in [3.63, 3.8) is 0 Å². The van der Waals surface area contributed by atoms with Crippen molar-refractivity contribution in [3.8, 4) is 0 Å². The molecule has 1 amide bonds. The van der Waals surface area contributed by atoms with Crippen molar-refractivity contribution in [1.29, 1.82) is 0 Å². The number of carbonyl (C=O) groups is 1. The van der Waals surface area contributed by atoms with Crippen LogP contribution >= 0.6 is 0 Å². The second kappa shape index (κ2) is 3.87. The third-order valence-electron chi connectivity index (χ3n) is 3.21. The molecule has 1 aliphatic carbocycles. The van der Waals surface area contributed by atoms with Gasteiger partial charge in [-0.25, -0.2) is 0 Å². The van der Waals surface area contributed by atoms with Gasteiger partial charge in [0.1, 0.15) is 0 Å². The van der Waals surface area contributed by atoms with Crippen molar-refractivity contribution in [1.82, 2.24) is 10.2 Å². The molecule has 4 nitrogen and oxygen atoms in total. The summed E-state index contributed by atoms with van der Waals surface area (Å²) >= 11 is 0. The zero-order valence-electron chi connectivity index (χ0n) is 8.82. The number of carbonyl (C=O) groups excluding carboxylic acids is 1. The summed E-state index contributed by atoms with van der Waals surface area (Å²) in [5.74, 6) is 0.259. The minimum absolute atomic E-state index is 0.0191. The topological polar surface area (TPSA) is 41.6 Å². The predicted octanol–water partition coefficient (Wildman–Crippen LogP) is -0.158. The highest BCUT2D eigenvalue weighted by Crippen LogP contribution is 2.28. The van der Waals surface area contributed by atoms with Gasteiger partial charge in [0.05, 0.1) is 19.1 Å². The van der Waals surface area contributed by atoms with Crippen LogP contribution in [0.3, 0.4) is 0 Å². The summed E-state index contributed by atoms with van der Waals surface area (Å²) in [5.41, 5.74) is 0. The highest BCUT2D eigenvalue weighted by atomic mass is 16.5. The van der Waals surface area contributed by atoms with Crippen LogP contribution in [0.4, 0.5) is 0 Å². The quantitative estimate of drug-likeness (QED) is 0.685. The molecule has 1 saturated carbocycles. The summed E-state index contributed by atoms with van der Waals surface area (Å²) < 4.78 is 5.32. The first-order valence-corrected chi connectivity index (χ1v) is 5.25. The smallest absolute Gasteiger partial charge is 0.229 e. The summed E-state index contributed by atoms with van der Waals surface area (Å²) in [7, 11) is 3.79. The zero-order valence-corrected chi connectivity index (χ0v) is 8.82. The number of nitrogens with one attached hydrogen (secondary N) is 1. The van der Waals surface area contributed by atoms with Crippen molar-refractivity contribution in [2.45, 2.75) is 24.9 Å². The first-order chi connectivity index (χ1) is 6.74. The minimum Gasteiger partial charge on any atom is -0.379 e. The number of hydrogen-bond donors (Lipinski definition) is 1. The van der Waals surface area contributed by atoms with Gasteiger partial charge in [0, 0.05) is 19.1 Å². The molecular weight excluding hydrogens is 180 g/mol. The molecule has 2 aliphatic rings. The van der Waals surface area contributed by atoms with Crippen LogP contribution in [-0.2, 0) is 9.53 Å². The van der Waals surface area contributed by atoms with Crippen molar-refractivity contribution in [3.05, 3.63) is 0 Å². The Morgan fingerprint density at radius 2 is 2.14 bits per heavy atom. The number of likely N-dealkylation sites (N-methyl/N-ethyl adjacent to an activating group) is 1. The molecule has 80 valence electrons. The van der Waals surface area contributed by atoms with Gasteiger partial charge in [-0.1, -0.05) is 0 Å². The maximum absolute atomic E-state index is 12.0. The van der Waals surface area contributed by atoms with E-state index in [1.165, 1.54) is 12.8 Å². The molecule has 2 fully saturated rings. The lowest BCUT2D eigenvalue weighted by molar-refractivity contribution is -0.135. The predicted molar refractivity (Wildman–Crippen MR) is 52.9 cm³/mol. The Hall–Kier alpha value is -0.610. The first kappa shape index (κ1) is 9.93. The molecule has 0 radical (unpaired) electrons. The van der Waals surface area contributed by atoms with E-state index in [9.17, 15) is 4.79 Å². The molecule has 0 spiro atoms. The van der Waals surface area contributed by atoms with E-state index in [2.05, 4.69) is 5.32 Å². The van der Waals surface area contributed by atoms with Crippen LogP contribution in [0.5, 0.6) is 0 Å². The Kier molecular flexibility index (Phi) is 2.74. The van der Waals surface area contributed by atoms with Gasteiger partial charge in [0.25, 0.3) is 0 Å². The van der Waals surface area contributed by atoms with Gasteiger partial charge >= 0.3 is 0 Å². The van der Waals surface area contributed by atoms with E-state index in [1.807, 2.05) is 19.0 Å². The Balaban J connectivity index is 1.95. The molecule has 2 rings (SSSR count). The number of hydrogen-bond acceptors (Lipinski definition) is 3. The maximum Gasteiger partial charge on any atom is 0.229 e. The van der Waals surface area contributed by atoms with Crippen molar-refractivity contribution in [2.24, 2.45) is 5.92 Å². The molecule has 1 N–H and O–H groups in total. The van der Waals surface area contributed by atoms with Crippen molar-refractivity contribution < 1.29 is 9.53 Å². The average Bonchev–Trinajstić information content (AvgIpc) is 2.94. The fraction of sp³-hybridized carbons (Fsp3) is 0.900. The van der Waals surface area contributed by atoms with Gasteiger partial charge in [0.2, 0.25) is 5.91 Å². The summed E-state index contributed by atoms with van der Waals surface area (Å²) in [5, 5.41) is 3.14. The van der Waals surface area contributed by atoms with Gasteiger partial charge < -0.3 is 15.0 Å². The standard InChI is InChI=1S/C10H18N2O2/c1-11-9-6-14-5-8(9)10(13)12(2)7-3-4-7/h7-9,11H,3-6H2,1-2H3. The van der Waals surface area contributed by atoms with Gasteiger partial charge in [-0.15, -0.1) is 0 Å². The molecule has 1 aliphatic heterocycles. The lowest BCUT2D eigenvalue weighted by Gasteiger charge is -2.23. The molecule has 0 aromatic carbocycles. The van der Waals surface area contributed by atoms with Crippen molar-refractivity contribution >= 4 is 5.91 Å². The third kappa shape index (κ3) is 1.77. The SMILES string of the molecule is CNC1COCC1C(=O)N(C)C1CC1. The van der Waals surface area contributed by atoms with Gasteiger partial charge in [0.15, 0.2) is 0 Å². The van der Waals surface area contributed by atoms with E-state index in [-0.39, 0.29) is 17.9 Å². The normalized spacial score (nSPS) is 31.9. The van der Waals surface area contributed by atoms with E-state index < -0.39 is 0 Å². The van der Waals surface area contributed by atoms with Crippen LogP contribution in [0.15, 0.2) is 0 Å². The molecule has 0 bridgehead atoms. The van der Waals surface area contributed by atoms with E-state index >= 15 is 0 Å². The second-order valence-corrected chi connectivity index (χ2v) is 4.22. The van der Waals surface area contributed by atoms with E-state index in [0.29, 0.717) is 19.3 Å². The minimum atomic E-state index is 0.0191. The van der Waals surface area contributed by atoms with Crippen LogP contribution in [0.2, 0.25) is 0 Å². The molecule has 14 heavy (non-hydrogen) atoms. The second-order valence-electron chi connectivity index (χ2n) is 4.22. The van der Waals surface area contributed by atoms with E-state index in [4.69, 9.17) is 4.74 Å². The Bertz CT molecular complexity index is 228. The fourth-order valence-corrected chi connectivity index (χ4v) is 1.99. The number of rotatable bonds is 3. The molecule has 0 aromatic heterocycles. The first-order valence-electron chi connectivity index (χ1n) is 5.25. The summed E-state index contributed by atoms with van der Waals surface area (Å²) in [6.45, 7) is 1.23. The molecule has 2 unspecified atom stereocenters. The molecular formula is C10H18N2O2. The monoisotopic (exact) mass is 198 g/mol. The third-order valence-corrected chi connectivity index (χ3v) is 3.21. The van der Waals surface area contributed by atoms with E-state index in [1.54, 1.807) is 0 Å². The van der Waals surface area contributed by atoms with Crippen LogP contribution in [0, 0.1) is 5.92 Å². The Morgan fingerprint density at radius 3 is 2.71 bits per heavy atom. The fourth-order valence-electron chi connectivity index (χ4n) is 1.99. The molecule has 4 heteroatoms. The number of amides is 1. The Labute approximate surface area is 84.6 Å². The lowest BCUT2D eigenvalue weighted by Crippen LogP contribution is -2.44. The van der Waals surface area contributed by atoms with Crippen LogP contribution in [0.25, 0.3) is 0 Å². The number of nitrogens with zero attached hydrogens (tertiary/aromatic N) is 1. The summed E-state index contributed by atoms with van der Waals surface area (Å²) in [4.78, 5) is 13.9. The molecule has 2 atom stereocenters. The highest BCUT2D eigenvalue weighted by Gasteiger charge is 2.38. The zero-order chi connectivity index (χ0) is 10.1. The average molecular weight is 198 g/mol. The van der Waals surface area contributed by atoms with Crippen LogP contribution < -0.4 is 5.32 Å². The van der Waals surface area contributed by atoms with Gasteiger partial charge in [-0.05, 0) is 19.9 Å². The molecule has 1 heterocycles. The van der Waals surface area contributed by atoms with Crippen LogP contribution in [-0.4, -0.2) is 50.2 Å². The van der Waals surface area contributed by atoms with Crippen molar-refractivity contribution in [2.75, 3.05) is 27.3 Å². The highest BCUT2D eigenvalue weighted by molar-refractivity contribution is 5.80. The van der Waals surface area contributed by atoms with Gasteiger partial charge in [-0.3, -0.25) is 4.79 Å². The Morgan fingerprint density at radius 1 is 1.43 bits per heavy atom. The maximum atomic E-state index is 12.0. The van der Waals surface area contributed by atoms with Crippen LogP contribution in [0.1, 0.15) is 12.8 Å². The molecule has 0 aromatic rings. The summed E-state index contributed by atoms with van der Waals surface area (Å²) in [6, 6.07) is 0.698. The lowest BCUT2D eigenvalue weighted by atomic mass is 10.0. The summed E-state index contributed by atoms with van der Waals surface area (Å²) in [6.07, 6.45) is 2.33. The van der Waals surface area contributed by atoms with E-state index in [0.717, 1.165) is 0 Å². The largest absolute Gasteiger partial charge is 0.379 e. The molecule has 1 saturated heterocycles. The van der Waals surface area contributed by atoms with Gasteiger partial charge in [-0.2, -0.15) is 0 Å².